The second-order valence-corrected chi connectivity index (χ2v) is 7.25. The van der Waals surface area contributed by atoms with E-state index in [0.29, 0.717) is 0 Å². The number of allylic oxidation sites excluding steroid dienone is 2. The number of aliphatic hydroxyl groups excluding tert-OH is 2. The quantitative estimate of drug-likeness (QED) is 0.627. The maximum Gasteiger partial charge on any atom is 0.177 e. The maximum atomic E-state index is 10.1. The zero-order valence-electron chi connectivity index (χ0n) is 16.6. The molecular formula is C22H34O4. The third-order valence-electron chi connectivity index (χ3n) is 5.24. The Bertz CT molecular complexity index is 587. The number of aliphatic hydroxyl groups is 2. The molecule has 146 valence electrons. The van der Waals surface area contributed by atoms with Crippen LogP contribution in [0.2, 0.25) is 0 Å². The Hall–Kier alpha value is -1.20. The van der Waals surface area contributed by atoms with Crippen molar-refractivity contribution in [1.29, 1.82) is 0 Å². The van der Waals surface area contributed by atoms with Crippen LogP contribution >= 0.6 is 0 Å². The van der Waals surface area contributed by atoms with Gasteiger partial charge in [-0.15, -0.1) is 0 Å². The largest absolute Gasteiger partial charge is 0.364 e. The molecule has 2 bridgehead atoms. The van der Waals surface area contributed by atoms with Gasteiger partial charge in [-0.2, -0.15) is 0 Å². The van der Waals surface area contributed by atoms with E-state index in [0.717, 1.165) is 48.8 Å². The first-order valence-electron chi connectivity index (χ1n) is 9.83. The lowest BCUT2D eigenvalue weighted by Gasteiger charge is -2.17. The number of hydrogen-bond donors (Lipinski definition) is 2. The fraction of sp³-hybridized carbons (Fsp3) is 0.636. The van der Waals surface area contributed by atoms with Crippen molar-refractivity contribution in [1.82, 2.24) is 0 Å². The predicted octanol–water partition coefficient (Wildman–Crippen LogP) is 4.40. The third-order valence-corrected chi connectivity index (χ3v) is 5.24. The maximum absolute atomic E-state index is 10.1. The summed E-state index contributed by atoms with van der Waals surface area (Å²) in [5.41, 5.74) is 4.23. The first-order chi connectivity index (χ1) is 12.4. The van der Waals surface area contributed by atoms with E-state index in [-0.39, 0.29) is 18.1 Å². The van der Waals surface area contributed by atoms with Gasteiger partial charge in [0.25, 0.3) is 0 Å². The number of rotatable bonds is 0. The lowest BCUT2D eigenvalue weighted by atomic mass is 9.88. The minimum Gasteiger partial charge on any atom is -0.364 e. The molecule has 2 aliphatic heterocycles. The summed E-state index contributed by atoms with van der Waals surface area (Å²) in [7, 11) is 0. The Labute approximate surface area is 157 Å². The van der Waals surface area contributed by atoms with E-state index >= 15 is 0 Å². The molecule has 0 aromatic carbocycles. The van der Waals surface area contributed by atoms with Crippen molar-refractivity contribution in [3.63, 3.8) is 0 Å². The van der Waals surface area contributed by atoms with Gasteiger partial charge in [0.15, 0.2) is 12.6 Å². The summed E-state index contributed by atoms with van der Waals surface area (Å²) < 4.78 is 11.3. The van der Waals surface area contributed by atoms with Gasteiger partial charge < -0.3 is 19.7 Å². The minimum absolute atomic E-state index is 0.0905. The Balaban J connectivity index is 0.00000117. The molecule has 0 saturated carbocycles. The van der Waals surface area contributed by atoms with Gasteiger partial charge >= 0.3 is 0 Å². The van der Waals surface area contributed by atoms with Gasteiger partial charge in [0.05, 0.1) is 12.2 Å². The van der Waals surface area contributed by atoms with Crippen LogP contribution in [0.5, 0.6) is 0 Å². The molecule has 26 heavy (non-hydrogen) atoms. The van der Waals surface area contributed by atoms with E-state index in [1.54, 1.807) is 0 Å². The number of fused-ring (bicyclic) bond motifs is 2. The highest BCUT2D eigenvalue weighted by Crippen LogP contribution is 2.36. The van der Waals surface area contributed by atoms with Gasteiger partial charge in [0, 0.05) is 5.92 Å². The molecule has 0 radical (unpaired) electrons. The first kappa shape index (κ1) is 21.1. The molecule has 4 heteroatoms. The van der Waals surface area contributed by atoms with E-state index in [4.69, 9.17) is 9.47 Å². The van der Waals surface area contributed by atoms with E-state index in [2.05, 4.69) is 31.7 Å². The Morgan fingerprint density at radius 3 is 2.46 bits per heavy atom. The van der Waals surface area contributed by atoms with E-state index in [1.165, 1.54) is 5.57 Å². The van der Waals surface area contributed by atoms with Gasteiger partial charge in [-0.3, -0.25) is 0 Å². The van der Waals surface area contributed by atoms with Gasteiger partial charge in [-0.05, 0) is 57.1 Å². The van der Waals surface area contributed by atoms with Gasteiger partial charge in [-0.1, -0.05) is 49.8 Å². The van der Waals surface area contributed by atoms with Crippen molar-refractivity contribution in [2.24, 2.45) is 5.92 Å². The summed E-state index contributed by atoms with van der Waals surface area (Å²) in [6.45, 7) is 12.2. The standard InChI is InChI=1S/C20H28O4.C2H6/c1-12-5-4-6-15-11-16(23-20(15)22)9-13(2)10-18-17(8-7-12)14(3)19(21)24-18;1-2/h5,10-11,16-22H,3-4,6-9H2,1-2H3;1-2H3/b12-5+,13-10+;/t16?,17?,18-,19?,20?;/m0./s1. The van der Waals surface area contributed by atoms with E-state index in [9.17, 15) is 10.2 Å². The molecule has 0 aromatic rings. The highest BCUT2D eigenvalue weighted by Gasteiger charge is 2.36. The second-order valence-electron chi connectivity index (χ2n) is 7.25. The molecule has 5 atom stereocenters. The molecule has 4 nitrogen and oxygen atoms in total. The number of ether oxygens (including phenoxy) is 2. The van der Waals surface area contributed by atoms with Crippen LogP contribution in [-0.4, -0.2) is 35.0 Å². The molecule has 1 fully saturated rings. The van der Waals surface area contributed by atoms with Crippen LogP contribution in [0.3, 0.4) is 0 Å². The fourth-order valence-electron chi connectivity index (χ4n) is 3.79. The van der Waals surface area contributed by atoms with Crippen molar-refractivity contribution in [2.45, 2.75) is 84.6 Å². The van der Waals surface area contributed by atoms with Crippen LogP contribution < -0.4 is 0 Å². The van der Waals surface area contributed by atoms with E-state index in [1.807, 2.05) is 20.8 Å². The first-order valence-corrected chi connectivity index (χ1v) is 9.83. The Morgan fingerprint density at radius 2 is 1.73 bits per heavy atom. The molecule has 4 unspecified atom stereocenters. The molecule has 2 heterocycles. The summed E-state index contributed by atoms with van der Waals surface area (Å²) in [6, 6.07) is 0. The Kier molecular flexibility index (Phi) is 7.84. The molecular weight excluding hydrogens is 328 g/mol. The average molecular weight is 363 g/mol. The highest BCUT2D eigenvalue weighted by molar-refractivity contribution is 5.22. The Morgan fingerprint density at radius 1 is 1.00 bits per heavy atom. The van der Waals surface area contributed by atoms with Crippen LogP contribution in [0.25, 0.3) is 0 Å². The topological polar surface area (TPSA) is 58.9 Å². The van der Waals surface area contributed by atoms with Crippen LogP contribution in [0, 0.1) is 5.92 Å². The van der Waals surface area contributed by atoms with Crippen LogP contribution in [0.15, 0.2) is 47.1 Å². The van der Waals surface area contributed by atoms with Crippen molar-refractivity contribution in [2.75, 3.05) is 0 Å². The minimum atomic E-state index is -0.875. The summed E-state index contributed by atoms with van der Waals surface area (Å²) in [5, 5.41) is 20.1. The summed E-state index contributed by atoms with van der Waals surface area (Å²) in [6.07, 6.45) is 8.84. The van der Waals surface area contributed by atoms with Gasteiger partial charge in [0.1, 0.15) is 0 Å². The summed E-state index contributed by atoms with van der Waals surface area (Å²) in [4.78, 5) is 0. The van der Waals surface area contributed by atoms with Crippen molar-refractivity contribution < 1.29 is 19.7 Å². The van der Waals surface area contributed by atoms with Crippen LogP contribution in [0.1, 0.15) is 59.8 Å². The molecule has 1 aliphatic carbocycles. The zero-order valence-corrected chi connectivity index (χ0v) is 16.6. The van der Waals surface area contributed by atoms with Crippen LogP contribution in [-0.2, 0) is 9.47 Å². The molecule has 0 aromatic heterocycles. The fourth-order valence-corrected chi connectivity index (χ4v) is 3.79. The van der Waals surface area contributed by atoms with Gasteiger partial charge in [-0.25, -0.2) is 0 Å². The summed E-state index contributed by atoms with van der Waals surface area (Å²) >= 11 is 0. The SMILES string of the molecule is C=C1C(O)O[C@H]2/C=C(\C)CC3C=C(CC/C=C(\C)CCC12)C(O)O3.CC. The zero-order chi connectivity index (χ0) is 19.3. The smallest absolute Gasteiger partial charge is 0.177 e. The van der Waals surface area contributed by atoms with Crippen molar-refractivity contribution >= 4 is 0 Å². The normalized spacial score (nSPS) is 39.4. The second kappa shape index (κ2) is 9.65. The molecule has 3 rings (SSSR count). The predicted molar refractivity (Wildman–Crippen MR) is 104 cm³/mol. The molecule has 0 amide bonds. The molecule has 3 aliphatic rings. The number of hydrogen-bond acceptors (Lipinski definition) is 4. The molecule has 0 spiro atoms. The van der Waals surface area contributed by atoms with Crippen molar-refractivity contribution in [3.8, 4) is 0 Å². The lowest BCUT2D eigenvalue weighted by Crippen LogP contribution is -2.16. The van der Waals surface area contributed by atoms with E-state index < -0.39 is 12.6 Å². The average Bonchev–Trinajstić information content (AvgIpc) is 3.07. The lowest BCUT2D eigenvalue weighted by molar-refractivity contribution is -0.0801. The van der Waals surface area contributed by atoms with Gasteiger partial charge in [0.2, 0.25) is 0 Å². The van der Waals surface area contributed by atoms with Crippen molar-refractivity contribution in [3.05, 3.63) is 47.1 Å². The monoisotopic (exact) mass is 362 g/mol. The molecule has 1 saturated heterocycles. The molecule has 2 N–H and O–H groups in total. The summed E-state index contributed by atoms with van der Waals surface area (Å²) in [5.74, 6) is 0.141. The third kappa shape index (κ3) is 5.17. The van der Waals surface area contributed by atoms with Crippen LogP contribution in [0.4, 0.5) is 0 Å². The highest BCUT2D eigenvalue weighted by atomic mass is 16.6.